The van der Waals surface area contributed by atoms with Gasteiger partial charge in [-0.3, -0.25) is 0 Å². The fourth-order valence-corrected chi connectivity index (χ4v) is 2.35. The Kier molecular flexibility index (Phi) is 6.33. The average molecular weight is 313 g/mol. The molecule has 3 heteroatoms. The summed E-state index contributed by atoms with van der Waals surface area (Å²) in [5, 5.41) is 3.45. The van der Waals surface area contributed by atoms with Gasteiger partial charge in [0.25, 0.3) is 0 Å². The highest BCUT2D eigenvalue weighted by atomic mass is 16.5. The van der Waals surface area contributed by atoms with Crippen molar-refractivity contribution >= 4 is 5.69 Å². The molecular weight excluding hydrogens is 286 g/mol. The summed E-state index contributed by atoms with van der Waals surface area (Å²) in [6.45, 7) is 7.96. The fraction of sp³-hybridized carbons (Fsp3) is 0.400. The topological polar surface area (TPSA) is 30.5 Å². The van der Waals surface area contributed by atoms with Crippen LogP contribution in [-0.2, 0) is 6.54 Å². The Morgan fingerprint density at radius 3 is 2.35 bits per heavy atom. The number of hydrogen-bond donors (Lipinski definition) is 1. The summed E-state index contributed by atoms with van der Waals surface area (Å²) >= 11 is 0. The van der Waals surface area contributed by atoms with Crippen molar-refractivity contribution in [3.63, 3.8) is 0 Å². The van der Waals surface area contributed by atoms with Crippen molar-refractivity contribution in [1.82, 2.24) is 0 Å². The van der Waals surface area contributed by atoms with Crippen molar-refractivity contribution in [3.8, 4) is 11.5 Å². The molecule has 0 saturated heterocycles. The van der Waals surface area contributed by atoms with Crippen molar-refractivity contribution in [2.45, 2.75) is 39.7 Å². The van der Waals surface area contributed by atoms with E-state index in [1.54, 1.807) is 7.11 Å². The van der Waals surface area contributed by atoms with Crippen LogP contribution in [0.1, 0.15) is 44.2 Å². The van der Waals surface area contributed by atoms with E-state index < -0.39 is 0 Å². The second kappa shape index (κ2) is 8.47. The Morgan fingerprint density at radius 2 is 1.74 bits per heavy atom. The standard InChI is InChI=1S/C20H27NO2/c1-5-12-23-20-13-16(6-11-19(20)22-4)14-21-18-9-7-17(8-10-18)15(2)3/h6-11,13,15,21H,5,12,14H2,1-4H3. The number of hydrogen-bond acceptors (Lipinski definition) is 3. The highest BCUT2D eigenvalue weighted by Crippen LogP contribution is 2.28. The number of anilines is 1. The van der Waals surface area contributed by atoms with Crippen LogP contribution in [-0.4, -0.2) is 13.7 Å². The van der Waals surface area contributed by atoms with Crippen molar-refractivity contribution < 1.29 is 9.47 Å². The van der Waals surface area contributed by atoms with Crippen LogP contribution in [0.25, 0.3) is 0 Å². The van der Waals surface area contributed by atoms with E-state index in [0.717, 1.165) is 30.2 Å². The molecule has 124 valence electrons. The third kappa shape index (κ3) is 4.92. The maximum absolute atomic E-state index is 5.76. The largest absolute Gasteiger partial charge is 0.493 e. The smallest absolute Gasteiger partial charge is 0.161 e. The van der Waals surface area contributed by atoms with Gasteiger partial charge in [0, 0.05) is 12.2 Å². The lowest BCUT2D eigenvalue weighted by Crippen LogP contribution is -2.02. The van der Waals surface area contributed by atoms with E-state index in [-0.39, 0.29) is 0 Å². The number of ether oxygens (including phenoxy) is 2. The van der Waals surface area contributed by atoms with Crippen LogP contribution in [0, 0.1) is 0 Å². The van der Waals surface area contributed by atoms with Crippen LogP contribution < -0.4 is 14.8 Å². The third-order valence-corrected chi connectivity index (χ3v) is 3.76. The molecule has 2 aromatic carbocycles. The van der Waals surface area contributed by atoms with Gasteiger partial charge in [0.1, 0.15) is 0 Å². The molecule has 1 N–H and O–H groups in total. The van der Waals surface area contributed by atoms with Crippen molar-refractivity contribution in [2.24, 2.45) is 0 Å². The molecule has 0 aromatic heterocycles. The van der Waals surface area contributed by atoms with Gasteiger partial charge >= 0.3 is 0 Å². The van der Waals surface area contributed by atoms with Gasteiger partial charge in [-0.05, 0) is 47.7 Å². The lowest BCUT2D eigenvalue weighted by molar-refractivity contribution is 0.294. The van der Waals surface area contributed by atoms with Crippen molar-refractivity contribution in [1.29, 1.82) is 0 Å². The molecular formula is C20H27NO2. The minimum absolute atomic E-state index is 0.559. The molecule has 2 rings (SSSR count). The maximum Gasteiger partial charge on any atom is 0.161 e. The van der Waals surface area contributed by atoms with Gasteiger partial charge in [-0.15, -0.1) is 0 Å². The predicted molar refractivity (Wildman–Crippen MR) is 96.6 cm³/mol. The van der Waals surface area contributed by atoms with Gasteiger partial charge in [0.05, 0.1) is 13.7 Å². The van der Waals surface area contributed by atoms with E-state index >= 15 is 0 Å². The average Bonchev–Trinajstić information content (AvgIpc) is 2.58. The zero-order chi connectivity index (χ0) is 16.7. The monoisotopic (exact) mass is 313 g/mol. The first-order valence-electron chi connectivity index (χ1n) is 8.27. The minimum atomic E-state index is 0.559. The summed E-state index contributed by atoms with van der Waals surface area (Å²) in [6.07, 6.45) is 0.980. The summed E-state index contributed by atoms with van der Waals surface area (Å²) in [5.41, 5.74) is 3.65. The Bertz CT molecular complexity index is 606. The zero-order valence-electron chi connectivity index (χ0n) is 14.6. The molecule has 23 heavy (non-hydrogen) atoms. The SMILES string of the molecule is CCCOc1cc(CNc2ccc(C(C)C)cc2)ccc1OC. The second-order valence-electron chi connectivity index (χ2n) is 5.96. The normalized spacial score (nSPS) is 10.7. The highest BCUT2D eigenvalue weighted by Gasteiger charge is 2.06. The Hall–Kier alpha value is -2.16. The maximum atomic E-state index is 5.76. The molecule has 0 atom stereocenters. The summed E-state index contributed by atoms with van der Waals surface area (Å²) in [7, 11) is 1.67. The van der Waals surface area contributed by atoms with E-state index in [1.807, 2.05) is 12.1 Å². The van der Waals surface area contributed by atoms with Gasteiger partial charge in [-0.2, -0.15) is 0 Å². The van der Waals surface area contributed by atoms with Crippen molar-refractivity contribution in [2.75, 3.05) is 19.0 Å². The first-order valence-corrected chi connectivity index (χ1v) is 8.27. The highest BCUT2D eigenvalue weighted by molar-refractivity contribution is 5.47. The second-order valence-corrected chi connectivity index (χ2v) is 5.96. The van der Waals surface area contributed by atoms with Gasteiger partial charge in [0.2, 0.25) is 0 Å². The van der Waals surface area contributed by atoms with Crippen LogP contribution >= 0.6 is 0 Å². The van der Waals surface area contributed by atoms with Crippen LogP contribution in [0.15, 0.2) is 42.5 Å². The Labute approximate surface area is 139 Å². The first kappa shape index (κ1) is 17.2. The van der Waals surface area contributed by atoms with Gasteiger partial charge in [0.15, 0.2) is 11.5 Å². The fourth-order valence-electron chi connectivity index (χ4n) is 2.35. The summed E-state index contributed by atoms with van der Waals surface area (Å²) in [5.74, 6) is 2.15. The first-order chi connectivity index (χ1) is 11.1. The van der Waals surface area contributed by atoms with Crippen LogP contribution in [0.3, 0.4) is 0 Å². The molecule has 0 bridgehead atoms. The van der Waals surface area contributed by atoms with Gasteiger partial charge in [-0.25, -0.2) is 0 Å². The number of nitrogens with one attached hydrogen (secondary N) is 1. The molecule has 0 heterocycles. The summed E-state index contributed by atoms with van der Waals surface area (Å²) in [4.78, 5) is 0. The van der Waals surface area contributed by atoms with Gasteiger partial charge < -0.3 is 14.8 Å². The zero-order valence-corrected chi connectivity index (χ0v) is 14.6. The number of methoxy groups -OCH3 is 1. The van der Waals surface area contributed by atoms with E-state index in [9.17, 15) is 0 Å². The number of benzene rings is 2. The quantitative estimate of drug-likeness (QED) is 0.725. The van der Waals surface area contributed by atoms with E-state index in [4.69, 9.17) is 9.47 Å². The third-order valence-electron chi connectivity index (χ3n) is 3.76. The molecule has 0 fully saturated rings. The van der Waals surface area contributed by atoms with E-state index in [0.29, 0.717) is 12.5 Å². The molecule has 0 unspecified atom stereocenters. The van der Waals surface area contributed by atoms with Crippen LogP contribution in [0.2, 0.25) is 0 Å². The molecule has 0 aliphatic rings. The van der Waals surface area contributed by atoms with E-state index in [1.165, 1.54) is 11.1 Å². The predicted octanol–water partition coefficient (Wildman–Crippen LogP) is 5.22. The van der Waals surface area contributed by atoms with Crippen LogP contribution in [0.4, 0.5) is 5.69 Å². The molecule has 2 aromatic rings. The lowest BCUT2D eigenvalue weighted by Gasteiger charge is -2.13. The molecule has 3 nitrogen and oxygen atoms in total. The Morgan fingerprint density at radius 1 is 1.00 bits per heavy atom. The minimum Gasteiger partial charge on any atom is -0.493 e. The molecule has 0 aliphatic carbocycles. The number of rotatable bonds is 8. The molecule has 0 amide bonds. The van der Waals surface area contributed by atoms with E-state index in [2.05, 4.69) is 56.4 Å². The molecule has 0 saturated carbocycles. The van der Waals surface area contributed by atoms with Crippen molar-refractivity contribution in [3.05, 3.63) is 53.6 Å². The summed E-state index contributed by atoms with van der Waals surface area (Å²) in [6, 6.07) is 14.7. The molecule has 0 spiro atoms. The molecule has 0 radical (unpaired) electrons. The summed E-state index contributed by atoms with van der Waals surface area (Å²) < 4.78 is 11.1. The van der Waals surface area contributed by atoms with Crippen LogP contribution in [0.5, 0.6) is 11.5 Å². The lowest BCUT2D eigenvalue weighted by atomic mass is 10.0. The van der Waals surface area contributed by atoms with Gasteiger partial charge in [-0.1, -0.05) is 39.0 Å². The Balaban J connectivity index is 2.02. The molecule has 0 aliphatic heterocycles.